The van der Waals surface area contributed by atoms with Gasteiger partial charge in [0.15, 0.2) is 6.10 Å². The maximum absolute atomic E-state index is 10.8. The summed E-state index contributed by atoms with van der Waals surface area (Å²) < 4.78 is 9.57. The summed E-state index contributed by atoms with van der Waals surface area (Å²) in [6, 6.07) is 0. The summed E-state index contributed by atoms with van der Waals surface area (Å²) in [5.74, 6) is -0.326. The Morgan fingerprint density at radius 3 is 3.10 bits per heavy atom. The topological polar surface area (TPSA) is 35.5 Å². The second-order valence-corrected chi connectivity index (χ2v) is 2.11. The summed E-state index contributed by atoms with van der Waals surface area (Å²) in [4.78, 5) is 10.8. The predicted molar refractivity (Wildman–Crippen MR) is 35.3 cm³/mol. The molecule has 0 aromatic heterocycles. The van der Waals surface area contributed by atoms with Gasteiger partial charge in [-0.05, 0) is 12.8 Å². The van der Waals surface area contributed by atoms with E-state index in [1.165, 1.54) is 0 Å². The largest absolute Gasteiger partial charge is 0.433 e. The lowest BCUT2D eigenvalue weighted by atomic mass is 10.2. The Hall–Kier alpha value is -0.830. The maximum Gasteiger partial charge on any atom is 0.340 e. The van der Waals surface area contributed by atoms with Crippen molar-refractivity contribution in [3.63, 3.8) is 0 Å². The predicted octanol–water partition coefficient (Wildman–Crippen LogP) is 0.852. The molecule has 1 aliphatic heterocycles. The van der Waals surface area contributed by atoms with Gasteiger partial charge in [0.05, 0.1) is 6.26 Å². The van der Waals surface area contributed by atoms with Crippen LogP contribution in [-0.2, 0) is 14.3 Å². The summed E-state index contributed by atoms with van der Waals surface area (Å²) in [7, 11) is 0. The highest BCUT2D eigenvalue weighted by Crippen LogP contribution is 2.12. The molecule has 0 N–H and O–H groups in total. The van der Waals surface area contributed by atoms with Gasteiger partial charge in [-0.2, -0.15) is 0 Å². The van der Waals surface area contributed by atoms with Crippen LogP contribution in [0.1, 0.15) is 12.8 Å². The summed E-state index contributed by atoms with van der Waals surface area (Å²) in [6.45, 7) is 3.94. The Kier molecular flexibility index (Phi) is 2.45. The SMILES string of the molecule is C=COC(=O)C1CCCO1. The quantitative estimate of drug-likeness (QED) is 0.423. The molecule has 3 heteroatoms. The molecule has 1 fully saturated rings. The summed E-state index contributed by atoms with van der Waals surface area (Å²) in [5, 5.41) is 0. The van der Waals surface area contributed by atoms with E-state index in [0.29, 0.717) is 6.61 Å². The molecular formula is C7H10O3. The van der Waals surface area contributed by atoms with E-state index in [1.807, 2.05) is 0 Å². The molecule has 1 unspecified atom stereocenters. The summed E-state index contributed by atoms with van der Waals surface area (Å²) >= 11 is 0. The van der Waals surface area contributed by atoms with E-state index >= 15 is 0 Å². The van der Waals surface area contributed by atoms with Crippen LogP contribution < -0.4 is 0 Å². The highest BCUT2D eigenvalue weighted by molar-refractivity contribution is 5.75. The third-order valence-electron chi connectivity index (χ3n) is 1.39. The minimum atomic E-state index is -0.349. The number of carbonyl (C=O) groups excluding carboxylic acids is 1. The van der Waals surface area contributed by atoms with Crippen molar-refractivity contribution in [2.45, 2.75) is 18.9 Å². The first-order valence-electron chi connectivity index (χ1n) is 3.27. The van der Waals surface area contributed by atoms with Gasteiger partial charge in [0, 0.05) is 6.61 Å². The second kappa shape index (κ2) is 3.37. The van der Waals surface area contributed by atoms with Gasteiger partial charge < -0.3 is 9.47 Å². The molecule has 3 nitrogen and oxygen atoms in total. The minimum Gasteiger partial charge on any atom is -0.433 e. The number of rotatable bonds is 2. The molecule has 0 aromatic carbocycles. The number of esters is 1. The molecule has 0 bridgehead atoms. The summed E-state index contributed by atoms with van der Waals surface area (Å²) in [6.07, 6.45) is 2.49. The lowest BCUT2D eigenvalue weighted by molar-refractivity contribution is -0.148. The van der Waals surface area contributed by atoms with Gasteiger partial charge in [-0.25, -0.2) is 4.79 Å². The first-order valence-corrected chi connectivity index (χ1v) is 3.27. The number of hydrogen-bond acceptors (Lipinski definition) is 3. The number of hydrogen-bond donors (Lipinski definition) is 0. The fraction of sp³-hybridized carbons (Fsp3) is 0.571. The van der Waals surface area contributed by atoms with Crippen molar-refractivity contribution < 1.29 is 14.3 Å². The molecule has 0 amide bonds. The van der Waals surface area contributed by atoms with Crippen LogP contribution in [0.5, 0.6) is 0 Å². The second-order valence-electron chi connectivity index (χ2n) is 2.11. The average molecular weight is 142 g/mol. The van der Waals surface area contributed by atoms with Crippen LogP contribution in [0.2, 0.25) is 0 Å². The van der Waals surface area contributed by atoms with E-state index in [2.05, 4.69) is 11.3 Å². The molecule has 56 valence electrons. The zero-order valence-corrected chi connectivity index (χ0v) is 5.71. The molecule has 0 spiro atoms. The van der Waals surface area contributed by atoms with E-state index in [1.54, 1.807) is 0 Å². The lowest BCUT2D eigenvalue weighted by Gasteiger charge is -2.04. The van der Waals surface area contributed by atoms with Crippen molar-refractivity contribution in [1.82, 2.24) is 0 Å². The molecule has 10 heavy (non-hydrogen) atoms. The van der Waals surface area contributed by atoms with Gasteiger partial charge in [-0.1, -0.05) is 6.58 Å². The van der Waals surface area contributed by atoms with Crippen LogP contribution in [0.15, 0.2) is 12.8 Å². The standard InChI is InChI=1S/C7H10O3/c1-2-9-7(8)6-4-3-5-10-6/h2,6H,1,3-5H2. The molecule has 0 aromatic rings. The van der Waals surface area contributed by atoms with Crippen LogP contribution >= 0.6 is 0 Å². The van der Waals surface area contributed by atoms with Crippen molar-refractivity contribution in [3.8, 4) is 0 Å². The Bertz CT molecular complexity index is 136. The van der Waals surface area contributed by atoms with Gasteiger partial charge in [-0.3, -0.25) is 0 Å². The van der Waals surface area contributed by atoms with E-state index < -0.39 is 0 Å². The monoisotopic (exact) mass is 142 g/mol. The number of carbonyl (C=O) groups is 1. The molecule has 1 atom stereocenters. The van der Waals surface area contributed by atoms with E-state index in [-0.39, 0.29) is 12.1 Å². The molecule has 1 rings (SSSR count). The van der Waals surface area contributed by atoms with Crippen LogP contribution in [-0.4, -0.2) is 18.7 Å². The highest BCUT2D eigenvalue weighted by atomic mass is 16.6. The van der Waals surface area contributed by atoms with Crippen molar-refractivity contribution in [2.24, 2.45) is 0 Å². The van der Waals surface area contributed by atoms with Crippen molar-refractivity contribution in [2.75, 3.05) is 6.61 Å². The summed E-state index contributed by atoms with van der Waals surface area (Å²) in [5.41, 5.74) is 0. The first kappa shape index (κ1) is 7.28. The van der Waals surface area contributed by atoms with Gasteiger partial charge in [0.1, 0.15) is 0 Å². The molecule has 0 radical (unpaired) electrons. The fourth-order valence-electron chi connectivity index (χ4n) is 0.922. The first-order chi connectivity index (χ1) is 4.84. The highest BCUT2D eigenvalue weighted by Gasteiger charge is 2.24. The molecule has 0 aliphatic carbocycles. The van der Waals surface area contributed by atoms with Gasteiger partial charge >= 0.3 is 5.97 Å². The van der Waals surface area contributed by atoms with E-state index in [0.717, 1.165) is 19.1 Å². The molecule has 1 aliphatic rings. The van der Waals surface area contributed by atoms with Gasteiger partial charge in [-0.15, -0.1) is 0 Å². The van der Waals surface area contributed by atoms with E-state index in [4.69, 9.17) is 4.74 Å². The Morgan fingerprint density at radius 1 is 1.80 bits per heavy atom. The Balaban J connectivity index is 2.32. The van der Waals surface area contributed by atoms with Crippen LogP contribution in [0, 0.1) is 0 Å². The zero-order valence-electron chi connectivity index (χ0n) is 5.71. The maximum atomic E-state index is 10.8. The van der Waals surface area contributed by atoms with E-state index in [9.17, 15) is 4.79 Å². The van der Waals surface area contributed by atoms with Crippen molar-refractivity contribution >= 4 is 5.97 Å². The van der Waals surface area contributed by atoms with Crippen LogP contribution in [0.3, 0.4) is 0 Å². The van der Waals surface area contributed by atoms with Crippen LogP contribution in [0.4, 0.5) is 0 Å². The Labute approximate surface area is 59.6 Å². The van der Waals surface area contributed by atoms with Gasteiger partial charge in [0.2, 0.25) is 0 Å². The average Bonchev–Trinajstić information content (AvgIpc) is 2.38. The van der Waals surface area contributed by atoms with Gasteiger partial charge in [0.25, 0.3) is 0 Å². The normalized spacial score (nSPS) is 24.2. The smallest absolute Gasteiger partial charge is 0.340 e. The third-order valence-corrected chi connectivity index (χ3v) is 1.39. The lowest BCUT2D eigenvalue weighted by Crippen LogP contribution is -2.19. The van der Waals surface area contributed by atoms with Crippen LogP contribution in [0.25, 0.3) is 0 Å². The van der Waals surface area contributed by atoms with Crippen molar-refractivity contribution in [1.29, 1.82) is 0 Å². The minimum absolute atomic E-state index is 0.326. The van der Waals surface area contributed by atoms with Crippen molar-refractivity contribution in [3.05, 3.63) is 12.8 Å². The third kappa shape index (κ3) is 1.57. The molecular weight excluding hydrogens is 132 g/mol. The number of ether oxygens (including phenoxy) is 2. The molecule has 0 saturated carbocycles. The zero-order chi connectivity index (χ0) is 7.40. The molecule has 1 saturated heterocycles. The Morgan fingerprint density at radius 2 is 2.60 bits per heavy atom. The molecule has 1 heterocycles. The fourth-order valence-corrected chi connectivity index (χ4v) is 0.922.